The van der Waals surface area contributed by atoms with Crippen LogP contribution in [0.2, 0.25) is 0 Å². The van der Waals surface area contributed by atoms with E-state index in [0.717, 1.165) is 18.7 Å². The number of imidazole rings is 1. The minimum atomic E-state index is -0.535. The van der Waals surface area contributed by atoms with Crippen molar-refractivity contribution < 1.29 is 4.74 Å². The second-order valence-corrected chi connectivity index (χ2v) is 4.14. The molecule has 1 saturated heterocycles. The Bertz CT molecular complexity index is 647. The maximum absolute atomic E-state index is 11.5. The van der Waals surface area contributed by atoms with E-state index >= 15 is 0 Å². The highest BCUT2D eigenvalue weighted by Gasteiger charge is 2.20. The second kappa shape index (κ2) is 3.85. The number of nitrogens with one attached hydrogen (secondary N) is 3. The highest BCUT2D eigenvalue weighted by atomic mass is 16.5. The van der Waals surface area contributed by atoms with Crippen LogP contribution in [0.15, 0.2) is 9.59 Å². The molecule has 3 rings (SSSR count). The number of rotatable bonds is 1. The van der Waals surface area contributed by atoms with Crippen LogP contribution in [0.4, 0.5) is 0 Å². The van der Waals surface area contributed by atoms with Crippen molar-refractivity contribution >= 4 is 11.2 Å². The third kappa shape index (κ3) is 1.78. The van der Waals surface area contributed by atoms with E-state index in [-0.39, 0.29) is 5.92 Å². The molecule has 0 spiro atoms. The highest BCUT2D eigenvalue weighted by molar-refractivity contribution is 5.68. The predicted octanol–water partition coefficient (Wildman–Crippen LogP) is -0.167. The Morgan fingerprint density at radius 2 is 1.88 bits per heavy atom. The molecule has 7 nitrogen and oxygen atoms in total. The molecule has 17 heavy (non-hydrogen) atoms. The van der Waals surface area contributed by atoms with Crippen molar-refractivity contribution in [2.75, 3.05) is 13.2 Å². The topological polar surface area (TPSA) is 104 Å². The van der Waals surface area contributed by atoms with Crippen LogP contribution in [0.1, 0.15) is 24.6 Å². The molecule has 3 N–H and O–H groups in total. The highest BCUT2D eigenvalue weighted by Crippen LogP contribution is 2.24. The second-order valence-electron chi connectivity index (χ2n) is 4.14. The van der Waals surface area contributed by atoms with Crippen molar-refractivity contribution in [3.63, 3.8) is 0 Å². The van der Waals surface area contributed by atoms with Crippen molar-refractivity contribution in [2.45, 2.75) is 18.8 Å². The summed E-state index contributed by atoms with van der Waals surface area (Å²) in [4.78, 5) is 34.6. The van der Waals surface area contributed by atoms with Gasteiger partial charge in [-0.3, -0.25) is 14.8 Å². The van der Waals surface area contributed by atoms with Crippen LogP contribution in [0.5, 0.6) is 0 Å². The molecule has 7 heteroatoms. The number of hydrogen-bond acceptors (Lipinski definition) is 4. The van der Waals surface area contributed by atoms with Crippen LogP contribution in [0.3, 0.4) is 0 Å². The van der Waals surface area contributed by atoms with Gasteiger partial charge in [0, 0.05) is 19.1 Å². The van der Waals surface area contributed by atoms with Crippen molar-refractivity contribution in [3.8, 4) is 0 Å². The Kier molecular flexibility index (Phi) is 2.32. The molecule has 2 aromatic heterocycles. The predicted molar refractivity (Wildman–Crippen MR) is 60.1 cm³/mol. The lowest BCUT2D eigenvalue weighted by atomic mass is 10.00. The average Bonchev–Trinajstić information content (AvgIpc) is 2.74. The lowest BCUT2D eigenvalue weighted by molar-refractivity contribution is 0.0838. The van der Waals surface area contributed by atoms with E-state index in [0.29, 0.717) is 24.4 Å². The zero-order valence-electron chi connectivity index (χ0n) is 9.08. The maximum Gasteiger partial charge on any atom is 0.327 e. The van der Waals surface area contributed by atoms with Gasteiger partial charge in [-0.25, -0.2) is 9.78 Å². The monoisotopic (exact) mass is 236 g/mol. The molecule has 0 unspecified atom stereocenters. The number of hydrogen-bond donors (Lipinski definition) is 3. The molecule has 1 aliphatic rings. The molecule has 0 aromatic carbocycles. The fourth-order valence-corrected chi connectivity index (χ4v) is 2.12. The molecular formula is C10H12N4O3. The van der Waals surface area contributed by atoms with Crippen LogP contribution in [-0.4, -0.2) is 33.1 Å². The van der Waals surface area contributed by atoms with E-state index in [2.05, 4.69) is 19.9 Å². The number of nitrogens with zero attached hydrogens (tertiary/aromatic N) is 1. The first-order valence-electron chi connectivity index (χ1n) is 5.54. The van der Waals surface area contributed by atoms with Gasteiger partial charge in [0.05, 0.1) is 0 Å². The summed E-state index contributed by atoms with van der Waals surface area (Å²) in [5.41, 5.74) is -0.326. The summed E-state index contributed by atoms with van der Waals surface area (Å²) in [6.45, 7) is 1.41. The van der Waals surface area contributed by atoms with Gasteiger partial charge in [-0.15, -0.1) is 0 Å². The van der Waals surface area contributed by atoms with Crippen LogP contribution in [-0.2, 0) is 4.74 Å². The van der Waals surface area contributed by atoms with Crippen molar-refractivity contribution in [1.29, 1.82) is 0 Å². The van der Waals surface area contributed by atoms with E-state index < -0.39 is 11.2 Å². The first kappa shape index (κ1) is 10.3. The van der Waals surface area contributed by atoms with Gasteiger partial charge in [-0.05, 0) is 12.8 Å². The van der Waals surface area contributed by atoms with E-state index in [1.54, 1.807) is 0 Å². The fourth-order valence-electron chi connectivity index (χ4n) is 2.12. The zero-order valence-corrected chi connectivity index (χ0v) is 9.08. The normalized spacial score (nSPS) is 17.6. The van der Waals surface area contributed by atoms with E-state index in [1.807, 2.05) is 0 Å². The third-order valence-electron chi connectivity index (χ3n) is 3.02. The van der Waals surface area contributed by atoms with E-state index in [9.17, 15) is 9.59 Å². The van der Waals surface area contributed by atoms with Crippen LogP contribution in [0, 0.1) is 0 Å². The number of H-pyrrole nitrogens is 3. The molecule has 0 atom stereocenters. The first-order chi connectivity index (χ1) is 8.24. The van der Waals surface area contributed by atoms with Crippen LogP contribution in [0.25, 0.3) is 11.2 Å². The molecule has 0 amide bonds. The average molecular weight is 236 g/mol. The van der Waals surface area contributed by atoms with Crippen LogP contribution < -0.4 is 11.2 Å². The van der Waals surface area contributed by atoms with Crippen molar-refractivity contribution in [3.05, 3.63) is 26.7 Å². The Balaban J connectivity index is 2.09. The Hall–Kier alpha value is -1.89. The molecule has 0 radical (unpaired) electrons. The number of aromatic amines is 3. The third-order valence-corrected chi connectivity index (χ3v) is 3.02. The minimum absolute atomic E-state index is 0.263. The lowest BCUT2D eigenvalue weighted by Gasteiger charge is -2.19. The number of ether oxygens (including phenoxy) is 1. The zero-order chi connectivity index (χ0) is 11.8. The van der Waals surface area contributed by atoms with Crippen molar-refractivity contribution in [1.82, 2.24) is 19.9 Å². The quantitative estimate of drug-likeness (QED) is 0.639. The lowest BCUT2D eigenvalue weighted by Crippen LogP contribution is -2.21. The van der Waals surface area contributed by atoms with Crippen LogP contribution >= 0.6 is 0 Å². The number of fused-ring (bicyclic) bond motifs is 1. The van der Waals surface area contributed by atoms with Gasteiger partial charge in [0.1, 0.15) is 11.3 Å². The van der Waals surface area contributed by atoms with Gasteiger partial charge < -0.3 is 9.72 Å². The Morgan fingerprint density at radius 3 is 2.65 bits per heavy atom. The minimum Gasteiger partial charge on any atom is -0.381 e. The first-order valence-corrected chi connectivity index (χ1v) is 5.54. The molecule has 0 aliphatic carbocycles. The summed E-state index contributed by atoms with van der Waals surface area (Å²) >= 11 is 0. The fraction of sp³-hybridized carbons (Fsp3) is 0.500. The largest absolute Gasteiger partial charge is 0.381 e. The molecule has 2 aromatic rings. The summed E-state index contributed by atoms with van der Waals surface area (Å²) in [6.07, 6.45) is 1.75. The van der Waals surface area contributed by atoms with Gasteiger partial charge in [-0.2, -0.15) is 0 Å². The molecular weight excluding hydrogens is 224 g/mol. The van der Waals surface area contributed by atoms with Crippen molar-refractivity contribution in [2.24, 2.45) is 0 Å². The molecule has 3 heterocycles. The van der Waals surface area contributed by atoms with Gasteiger partial charge in [-0.1, -0.05) is 0 Å². The van der Waals surface area contributed by atoms with E-state index in [1.165, 1.54) is 0 Å². The van der Waals surface area contributed by atoms with Gasteiger partial charge >= 0.3 is 5.69 Å². The molecule has 1 aliphatic heterocycles. The van der Waals surface area contributed by atoms with E-state index in [4.69, 9.17) is 4.74 Å². The number of aromatic nitrogens is 4. The Morgan fingerprint density at radius 1 is 1.12 bits per heavy atom. The smallest absolute Gasteiger partial charge is 0.327 e. The maximum atomic E-state index is 11.5. The summed E-state index contributed by atoms with van der Waals surface area (Å²) < 4.78 is 5.27. The van der Waals surface area contributed by atoms with Gasteiger partial charge in [0.15, 0.2) is 5.65 Å². The summed E-state index contributed by atoms with van der Waals surface area (Å²) in [7, 11) is 0. The summed E-state index contributed by atoms with van der Waals surface area (Å²) in [5, 5.41) is 0. The summed E-state index contributed by atoms with van der Waals surface area (Å²) in [5.74, 6) is 1.01. The Labute approximate surface area is 95.2 Å². The molecule has 0 saturated carbocycles. The summed E-state index contributed by atoms with van der Waals surface area (Å²) in [6, 6.07) is 0. The molecule has 1 fully saturated rings. The van der Waals surface area contributed by atoms with Gasteiger partial charge in [0.2, 0.25) is 0 Å². The molecule has 90 valence electrons. The SMILES string of the molecule is O=c1[nH]c(=O)c2[nH]c(C3CCOCC3)nc2[nH]1. The van der Waals surface area contributed by atoms with Gasteiger partial charge in [0.25, 0.3) is 5.56 Å². The molecule has 0 bridgehead atoms. The standard InChI is InChI=1S/C10H12N4O3/c15-9-6-8(13-10(16)14-9)12-7(11-6)5-1-3-17-4-2-5/h5H,1-4H2,(H3,11,12,13,14,15,16).